The maximum atomic E-state index is 12.0. The van der Waals surface area contributed by atoms with Crippen LogP contribution in [0.3, 0.4) is 0 Å². The summed E-state index contributed by atoms with van der Waals surface area (Å²) in [5, 5.41) is 9.34. The summed E-state index contributed by atoms with van der Waals surface area (Å²) in [6, 6.07) is 6.31. The molecule has 0 aliphatic heterocycles. The molecule has 1 aromatic rings. The first-order valence-corrected chi connectivity index (χ1v) is 5.82. The number of aromatic hydroxyl groups is 1. The van der Waals surface area contributed by atoms with Gasteiger partial charge in [0, 0.05) is 6.07 Å². The summed E-state index contributed by atoms with van der Waals surface area (Å²) in [4.78, 5) is 12.0. The molecule has 0 aliphatic rings. The first-order valence-electron chi connectivity index (χ1n) is 5.82. The van der Waals surface area contributed by atoms with Crippen molar-refractivity contribution >= 4 is 5.97 Å². The number of rotatable bonds is 3. The van der Waals surface area contributed by atoms with Crippen LogP contribution >= 0.6 is 0 Å². The lowest BCUT2D eigenvalue weighted by atomic mass is 10.1. The van der Waals surface area contributed by atoms with Crippen LogP contribution in [0, 0.1) is 0 Å². The van der Waals surface area contributed by atoms with E-state index in [-0.39, 0.29) is 5.75 Å². The quantitative estimate of drug-likeness (QED) is 0.840. The molecule has 100 valence electrons. The van der Waals surface area contributed by atoms with Crippen LogP contribution in [-0.4, -0.2) is 22.3 Å². The summed E-state index contributed by atoms with van der Waals surface area (Å²) >= 11 is 0. The Morgan fingerprint density at radius 1 is 1.17 bits per heavy atom. The van der Waals surface area contributed by atoms with Gasteiger partial charge in [0.25, 0.3) is 0 Å². The second kappa shape index (κ2) is 4.88. The van der Waals surface area contributed by atoms with Crippen LogP contribution < -0.4 is 4.74 Å². The van der Waals surface area contributed by atoms with Crippen molar-refractivity contribution in [3.8, 4) is 11.5 Å². The van der Waals surface area contributed by atoms with Gasteiger partial charge < -0.3 is 14.6 Å². The highest BCUT2D eigenvalue weighted by atomic mass is 16.6. The molecule has 18 heavy (non-hydrogen) atoms. The number of phenols is 1. The maximum Gasteiger partial charge on any atom is 0.350 e. The Kier molecular flexibility index (Phi) is 3.89. The Balaban J connectivity index is 2.78. The standard InChI is InChI=1S/C14H20O4/c1-13(2,3)18-12(16)14(4,5)17-11-8-6-7-10(15)9-11/h6-9,15H,1-5H3. The van der Waals surface area contributed by atoms with Gasteiger partial charge in [0.15, 0.2) is 5.60 Å². The first-order chi connectivity index (χ1) is 8.10. The number of hydrogen-bond donors (Lipinski definition) is 1. The number of carbonyl (C=O) groups excluding carboxylic acids is 1. The van der Waals surface area contributed by atoms with Crippen LogP contribution in [-0.2, 0) is 9.53 Å². The van der Waals surface area contributed by atoms with Crippen LogP contribution in [0.5, 0.6) is 11.5 Å². The summed E-state index contributed by atoms with van der Waals surface area (Å²) < 4.78 is 10.8. The molecule has 0 radical (unpaired) electrons. The Morgan fingerprint density at radius 3 is 2.28 bits per heavy atom. The Hall–Kier alpha value is -1.71. The lowest BCUT2D eigenvalue weighted by Gasteiger charge is -2.29. The van der Waals surface area contributed by atoms with E-state index in [1.165, 1.54) is 12.1 Å². The molecule has 0 aromatic heterocycles. The van der Waals surface area contributed by atoms with E-state index in [0.717, 1.165) is 0 Å². The molecular weight excluding hydrogens is 232 g/mol. The van der Waals surface area contributed by atoms with Gasteiger partial charge >= 0.3 is 5.97 Å². The highest BCUT2D eigenvalue weighted by Crippen LogP contribution is 2.24. The number of hydrogen-bond acceptors (Lipinski definition) is 4. The van der Waals surface area contributed by atoms with Crippen LogP contribution in [0.25, 0.3) is 0 Å². The molecule has 0 spiro atoms. The average molecular weight is 252 g/mol. The summed E-state index contributed by atoms with van der Waals surface area (Å²) in [5.74, 6) is 0.0664. The number of ether oxygens (including phenoxy) is 2. The molecule has 0 aliphatic carbocycles. The molecule has 0 saturated heterocycles. The summed E-state index contributed by atoms with van der Waals surface area (Å²) in [7, 11) is 0. The van der Waals surface area contributed by atoms with Crippen molar-refractivity contribution in [1.29, 1.82) is 0 Å². The third-order valence-electron chi connectivity index (χ3n) is 2.08. The normalized spacial score (nSPS) is 12.1. The van der Waals surface area contributed by atoms with E-state index >= 15 is 0 Å². The van der Waals surface area contributed by atoms with Gasteiger partial charge in [-0.2, -0.15) is 0 Å². The fourth-order valence-electron chi connectivity index (χ4n) is 1.28. The van der Waals surface area contributed by atoms with E-state index in [1.54, 1.807) is 46.8 Å². The van der Waals surface area contributed by atoms with Gasteiger partial charge in [0.1, 0.15) is 17.1 Å². The zero-order valence-electron chi connectivity index (χ0n) is 11.5. The van der Waals surface area contributed by atoms with E-state index in [0.29, 0.717) is 5.75 Å². The summed E-state index contributed by atoms with van der Waals surface area (Å²) in [6.45, 7) is 8.66. The minimum absolute atomic E-state index is 0.0903. The smallest absolute Gasteiger partial charge is 0.350 e. The lowest BCUT2D eigenvalue weighted by Crippen LogP contribution is -2.43. The van der Waals surface area contributed by atoms with E-state index in [2.05, 4.69) is 0 Å². The van der Waals surface area contributed by atoms with Gasteiger partial charge in [-0.15, -0.1) is 0 Å². The van der Waals surface area contributed by atoms with Crippen molar-refractivity contribution in [2.75, 3.05) is 0 Å². The molecule has 4 nitrogen and oxygen atoms in total. The fraction of sp³-hybridized carbons (Fsp3) is 0.500. The first kappa shape index (κ1) is 14.4. The summed E-state index contributed by atoms with van der Waals surface area (Å²) in [5.41, 5.74) is -1.67. The van der Waals surface area contributed by atoms with Crippen LogP contribution in [0.2, 0.25) is 0 Å². The largest absolute Gasteiger partial charge is 0.508 e. The van der Waals surface area contributed by atoms with Gasteiger partial charge in [-0.3, -0.25) is 0 Å². The van der Waals surface area contributed by atoms with Crippen LogP contribution in [0.1, 0.15) is 34.6 Å². The van der Waals surface area contributed by atoms with E-state index < -0.39 is 17.2 Å². The van der Waals surface area contributed by atoms with Gasteiger partial charge in [-0.05, 0) is 46.8 Å². The lowest BCUT2D eigenvalue weighted by molar-refractivity contribution is -0.170. The summed E-state index contributed by atoms with van der Waals surface area (Å²) in [6.07, 6.45) is 0. The fourth-order valence-corrected chi connectivity index (χ4v) is 1.28. The molecular formula is C14H20O4. The second-order valence-electron chi connectivity index (χ2n) is 5.61. The number of esters is 1. The Labute approximate surface area is 108 Å². The molecule has 1 aromatic carbocycles. The SMILES string of the molecule is CC(C)(C)OC(=O)C(C)(C)Oc1cccc(O)c1. The number of phenolic OH excluding ortho intramolecular Hbond substituents is 1. The third kappa shape index (κ3) is 4.28. The predicted molar refractivity (Wildman–Crippen MR) is 68.7 cm³/mol. The monoisotopic (exact) mass is 252 g/mol. The van der Waals surface area contributed by atoms with Crippen molar-refractivity contribution in [3.05, 3.63) is 24.3 Å². The molecule has 0 saturated carbocycles. The van der Waals surface area contributed by atoms with Crippen molar-refractivity contribution in [3.63, 3.8) is 0 Å². The van der Waals surface area contributed by atoms with Crippen molar-refractivity contribution in [2.45, 2.75) is 45.8 Å². The molecule has 0 bridgehead atoms. The van der Waals surface area contributed by atoms with Crippen molar-refractivity contribution in [1.82, 2.24) is 0 Å². The van der Waals surface area contributed by atoms with Crippen LogP contribution in [0.15, 0.2) is 24.3 Å². The van der Waals surface area contributed by atoms with E-state index in [4.69, 9.17) is 9.47 Å². The van der Waals surface area contributed by atoms with E-state index in [1.807, 2.05) is 0 Å². The number of benzene rings is 1. The topological polar surface area (TPSA) is 55.8 Å². The van der Waals surface area contributed by atoms with Gasteiger partial charge in [-0.25, -0.2) is 4.79 Å². The predicted octanol–water partition coefficient (Wildman–Crippen LogP) is 2.89. The Bertz CT molecular complexity index is 430. The molecule has 1 rings (SSSR count). The highest BCUT2D eigenvalue weighted by Gasteiger charge is 2.34. The van der Waals surface area contributed by atoms with Crippen LogP contribution in [0.4, 0.5) is 0 Å². The van der Waals surface area contributed by atoms with Crippen molar-refractivity contribution < 1.29 is 19.4 Å². The number of carbonyl (C=O) groups is 1. The third-order valence-corrected chi connectivity index (χ3v) is 2.08. The zero-order valence-corrected chi connectivity index (χ0v) is 11.5. The second-order valence-corrected chi connectivity index (χ2v) is 5.61. The van der Waals surface area contributed by atoms with Crippen molar-refractivity contribution in [2.24, 2.45) is 0 Å². The van der Waals surface area contributed by atoms with E-state index in [9.17, 15) is 9.90 Å². The molecule has 4 heteroatoms. The minimum atomic E-state index is -1.11. The molecule has 0 atom stereocenters. The van der Waals surface area contributed by atoms with Gasteiger partial charge in [-0.1, -0.05) is 6.07 Å². The molecule has 1 N–H and O–H groups in total. The zero-order chi connectivity index (χ0) is 14.0. The average Bonchev–Trinajstić information content (AvgIpc) is 2.13. The van der Waals surface area contributed by atoms with Gasteiger partial charge in [0.05, 0.1) is 0 Å². The highest BCUT2D eigenvalue weighted by molar-refractivity contribution is 5.79. The molecule has 0 fully saturated rings. The minimum Gasteiger partial charge on any atom is -0.508 e. The Morgan fingerprint density at radius 2 is 1.78 bits per heavy atom. The maximum absolute atomic E-state index is 12.0. The van der Waals surface area contributed by atoms with Gasteiger partial charge in [0.2, 0.25) is 0 Å². The molecule has 0 amide bonds. The molecule has 0 unspecified atom stereocenters. The molecule has 0 heterocycles.